The molecule has 0 aliphatic carbocycles. The zero-order valence-corrected chi connectivity index (χ0v) is 33.3. The molecule has 0 aliphatic rings. The minimum atomic E-state index is -0.678. The maximum Gasteiger partial charge on any atom is 0.220 e. The summed E-state index contributed by atoms with van der Waals surface area (Å²) in [4.78, 5) is 12.4. The van der Waals surface area contributed by atoms with Crippen LogP contribution in [-0.2, 0) is 4.79 Å². The molecule has 0 aromatic carbocycles. The van der Waals surface area contributed by atoms with Gasteiger partial charge in [0.15, 0.2) is 0 Å². The molecule has 0 saturated heterocycles. The highest BCUT2D eigenvalue weighted by molar-refractivity contribution is 5.76. The Bertz CT molecular complexity index is 941. The molecule has 0 aliphatic heterocycles. The zero-order valence-electron chi connectivity index (χ0n) is 33.3. The predicted molar refractivity (Wildman–Crippen MR) is 225 cm³/mol. The number of hydrogen-bond donors (Lipinski definition) is 3. The third-order valence-corrected chi connectivity index (χ3v) is 9.17. The van der Waals surface area contributed by atoms with Gasteiger partial charge >= 0.3 is 0 Å². The number of amides is 1. The van der Waals surface area contributed by atoms with Gasteiger partial charge in [0.2, 0.25) is 5.91 Å². The van der Waals surface area contributed by atoms with Gasteiger partial charge in [0.25, 0.3) is 0 Å². The molecule has 0 bridgehead atoms. The average Bonchev–Trinajstić information content (AvgIpc) is 3.13. The normalized spacial score (nSPS) is 13.9. The van der Waals surface area contributed by atoms with Crippen LogP contribution in [0, 0.1) is 0 Å². The Balaban J connectivity index is 3.69. The van der Waals surface area contributed by atoms with Crippen molar-refractivity contribution in [1.29, 1.82) is 0 Å². The Kier molecular flexibility index (Phi) is 40.0. The Hall–Kier alpha value is -2.43. The lowest BCUT2D eigenvalue weighted by atomic mass is 10.0. The third kappa shape index (κ3) is 38.6. The van der Waals surface area contributed by atoms with Gasteiger partial charge in [-0.1, -0.05) is 195 Å². The molecular formula is C47H81NO3. The van der Waals surface area contributed by atoms with E-state index in [2.05, 4.69) is 104 Å². The second kappa shape index (κ2) is 42.0. The van der Waals surface area contributed by atoms with Crippen molar-refractivity contribution in [3.63, 3.8) is 0 Å². The Labute approximate surface area is 316 Å². The summed E-state index contributed by atoms with van der Waals surface area (Å²) in [5.74, 6) is -0.0674. The Morgan fingerprint density at radius 1 is 0.490 bits per heavy atom. The van der Waals surface area contributed by atoms with Crippen molar-refractivity contribution in [1.82, 2.24) is 5.32 Å². The highest BCUT2D eigenvalue weighted by Crippen LogP contribution is 2.15. The number of allylic oxidation sites excluding steroid dienone is 14. The average molecular weight is 708 g/mol. The largest absolute Gasteiger partial charge is 0.394 e. The fraction of sp³-hybridized carbons (Fsp3) is 0.681. The summed E-state index contributed by atoms with van der Waals surface area (Å²) in [6.45, 7) is 4.22. The number of hydrogen-bond acceptors (Lipinski definition) is 3. The van der Waals surface area contributed by atoms with Crippen molar-refractivity contribution in [3.05, 3.63) is 85.1 Å². The van der Waals surface area contributed by atoms with Gasteiger partial charge in [0.1, 0.15) is 0 Å². The van der Waals surface area contributed by atoms with Gasteiger partial charge in [-0.25, -0.2) is 0 Å². The van der Waals surface area contributed by atoms with Crippen molar-refractivity contribution in [2.75, 3.05) is 6.61 Å². The van der Waals surface area contributed by atoms with Crippen molar-refractivity contribution in [3.8, 4) is 0 Å². The lowest BCUT2D eigenvalue weighted by Crippen LogP contribution is -2.45. The number of aliphatic hydroxyl groups excluding tert-OH is 2. The van der Waals surface area contributed by atoms with E-state index in [0.29, 0.717) is 12.8 Å². The fourth-order valence-electron chi connectivity index (χ4n) is 5.93. The third-order valence-electron chi connectivity index (χ3n) is 9.17. The quantitative estimate of drug-likeness (QED) is 0.0445. The van der Waals surface area contributed by atoms with E-state index in [9.17, 15) is 15.0 Å². The number of nitrogens with one attached hydrogen (secondary N) is 1. The summed E-state index contributed by atoms with van der Waals surface area (Å²) < 4.78 is 0. The summed E-state index contributed by atoms with van der Waals surface area (Å²) in [5.41, 5.74) is 0. The molecule has 0 rings (SSSR count). The van der Waals surface area contributed by atoms with E-state index in [1.54, 1.807) is 0 Å². The first-order valence-corrected chi connectivity index (χ1v) is 21.3. The molecule has 1 amide bonds. The summed E-state index contributed by atoms with van der Waals surface area (Å²) in [7, 11) is 0. The van der Waals surface area contributed by atoms with E-state index in [-0.39, 0.29) is 12.5 Å². The molecule has 0 saturated carbocycles. The molecule has 2 atom stereocenters. The molecular weight excluding hydrogens is 627 g/mol. The standard InChI is InChI=1S/C47H81NO3/c1-3-5-7-9-11-13-15-17-19-20-21-22-23-24-25-26-27-28-29-31-33-35-37-39-41-43-47(51)48-45(44-49)46(50)42-40-38-36-34-32-30-18-16-14-12-10-8-6-4-2/h5,7,11,13,17,19,21-22,24-25,27-28,31,33,45-46,49-50H,3-4,6,8-10,12,14-16,18,20,23,26,29-30,32,34-44H2,1-2H3,(H,48,51)/b7-5-,13-11-,19-17-,22-21-,25-24-,28-27-,33-31-. The van der Waals surface area contributed by atoms with Crippen LogP contribution >= 0.6 is 0 Å². The summed E-state index contributed by atoms with van der Waals surface area (Å²) >= 11 is 0. The molecule has 292 valence electrons. The van der Waals surface area contributed by atoms with E-state index >= 15 is 0 Å². The maximum atomic E-state index is 12.4. The molecule has 4 heteroatoms. The van der Waals surface area contributed by atoms with Crippen LogP contribution in [0.2, 0.25) is 0 Å². The van der Waals surface area contributed by atoms with E-state index in [1.165, 1.54) is 77.0 Å². The second-order valence-electron chi connectivity index (χ2n) is 14.0. The van der Waals surface area contributed by atoms with Crippen molar-refractivity contribution < 1.29 is 15.0 Å². The maximum absolute atomic E-state index is 12.4. The van der Waals surface area contributed by atoms with Gasteiger partial charge < -0.3 is 15.5 Å². The molecule has 0 aromatic heterocycles. The van der Waals surface area contributed by atoms with Crippen LogP contribution in [0.1, 0.15) is 187 Å². The van der Waals surface area contributed by atoms with Crippen molar-refractivity contribution >= 4 is 5.91 Å². The molecule has 4 nitrogen and oxygen atoms in total. The molecule has 2 unspecified atom stereocenters. The molecule has 0 radical (unpaired) electrons. The monoisotopic (exact) mass is 708 g/mol. The second-order valence-corrected chi connectivity index (χ2v) is 14.0. The molecule has 0 spiro atoms. The van der Waals surface area contributed by atoms with Crippen LogP contribution in [-0.4, -0.2) is 34.9 Å². The van der Waals surface area contributed by atoms with Crippen molar-refractivity contribution in [2.45, 2.75) is 199 Å². The van der Waals surface area contributed by atoms with E-state index in [1.807, 2.05) is 0 Å². The molecule has 0 aromatic rings. The Morgan fingerprint density at radius 2 is 0.863 bits per heavy atom. The van der Waals surface area contributed by atoms with Gasteiger partial charge in [0, 0.05) is 6.42 Å². The minimum Gasteiger partial charge on any atom is -0.394 e. The smallest absolute Gasteiger partial charge is 0.220 e. The van der Waals surface area contributed by atoms with E-state index < -0.39 is 12.1 Å². The van der Waals surface area contributed by atoms with Gasteiger partial charge in [-0.05, 0) is 70.6 Å². The summed E-state index contributed by atoms with van der Waals surface area (Å²) in [5, 5.41) is 23.1. The van der Waals surface area contributed by atoms with Crippen molar-refractivity contribution in [2.24, 2.45) is 0 Å². The van der Waals surface area contributed by atoms with E-state index in [0.717, 1.165) is 83.5 Å². The predicted octanol–water partition coefficient (Wildman–Crippen LogP) is 13.3. The first kappa shape index (κ1) is 48.6. The summed E-state index contributed by atoms with van der Waals surface area (Å²) in [6, 6.07) is -0.559. The van der Waals surface area contributed by atoms with Crippen LogP contribution < -0.4 is 5.32 Å². The minimum absolute atomic E-state index is 0.0674. The first-order chi connectivity index (χ1) is 25.2. The first-order valence-electron chi connectivity index (χ1n) is 21.3. The lowest BCUT2D eigenvalue weighted by molar-refractivity contribution is -0.123. The topological polar surface area (TPSA) is 69.6 Å². The van der Waals surface area contributed by atoms with Crippen LogP contribution in [0.15, 0.2) is 85.1 Å². The van der Waals surface area contributed by atoms with Crippen LogP contribution in [0.3, 0.4) is 0 Å². The highest BCUT2D eigenvalue weighted by atomic mass is 16.3. The van der Waals surface area contributed by atoms with Gasteiger partial charge in [-0.2, -0.15) is 0 Å². The summed E-state index contributed by atoms with van der Waals surface area (Å²) in [6.07, 6.45) is 60.8. The van der Waals surface area contributed by atoms with Gasteiger partial charge in [0.05, 0.1) is 18.8 Å². The lowest BCUT2D eigenvalue weighted by Gasteiger charge is -2.22. The number of carbonyl (C=O) groups is 1. The fourth-order valence-corrected chi connectivity index (χ4v) is 5.93. The molecule has 51 heavy (non-hydrogen) atoms. The zero-order chi connectivity index (χ0) is 37.1. The molecule has 3 N–H and O–H groups in total. The van der Waals surface area contributed by atoms with Crippen LogP contribution in [0.5, 0.6) is 0 Å². The van der Waals surface area contributed by atoms with Crippen LogP contribution in [0.4, 0.5) is 0 Å². The van der Waals surface area contributed by atoms with Crippen LogP contribution in [0.25, 0.3) is 0 Å². The molecule has 0 heterocycles. The van der Waals surface area contributed by atoms with Gasteiger partial charge in [-0.15, -0.1) is 0 Å². The highest BCUT2D eigenvalue weighted by Gasteiger charge is 2.19. The number of unbranched alkanes of at least 4 members (excludes halogenated alkanes) is 16. The Morgan fingerprint density at radius 3 is 1.27 bits per heavy atom. The van der Waals surface area contributed by atoms with Gasteiger partial charge in [-0.3, -0.25) is 4.79 Å². The van der Waals surface area contributed by atoms with E-state index in [4.69, 9.17) is 0 Å². The SMILES string of the molecule is CC/C=C\C/C=C\C/C=C\C/C=C\C/C=C\C/C=C\C/C=C\CCCCCC(=O)NC(CO)C(O)CCCCCCCCCCCCCCCC. The number of carbonyl (C=O) groups excluding carboxylic acids is 1. The number of aliphatic hydroxyl groups is 2. The number of rotatable bonds is 37. The molecule has 0 fully saturated rings.